The van der Waals surface area contributed by atoms with Gasteiger partial charge >= 0.3 is 0 Å². The van der Waals surface area contributed by atoms with Crippen molar-refractivity contribution in [2.24, 2.45) is 0 Å². The molecular formula is C13H13F3N4. The van der Waals surface area contributed by atoms with Gasteiger partial charge in [-0.15, -0.1) is 0 Å². The van der Waals surface area contributed by atoms with Crippen LogP contribution >= 0.6 is 0 Å². The Morgan fingerprint density at radius 3 is 2.30 bits per heavy atom. The maximum absolute atomic E-state index is 13.5. The zero-order valence-electron chi connectivity index (χ0n) is 11.0. The quantitative estimate of drug-likeness (QED) is 0.902. The summed E-state index contributed by atoms with van der Waals surface area (Å²) >= 11 is 0. The number of rotatable bonds is 4. The minimum atomic E-state index is -1.02. The largest absolute Gasteiger partial charge is 0.354 e. The molecule has 1 heterocycles. The monoisotopic (exact) mass is 282 g/mol. The summed E-state index contributed by atoms with van der Waals surface area (Å²) in [5.74, 6) is -2.46. The van der Waals surface area contributed by atoms with Crippen LogP contribution in [0.2, 0.25) is 0 Å². The second-order valence-electron chi connectivity index (χ2n) is 4.12. The topological polar surface area (TPSA) is 49.8 Å². The highest BCUT2D eigenvalue weighted by atomic mass is 19.1. The van der Waals surface area contributed by atoms with Crippen LogP contribution in [0, 0.1) is 24.4 Å². The maximum atomic E-state index is 13.5. The molecule has 1 aromatic carbocycles. The molecule has 106 valence electrons. The Bertz CT molecular complexity index is 608. The van der Waals surface area contributed by atoms with E-state index in [1.165, 1.54) is 6.07 Å². The SMILES string of the molecule is CCNc1nc(C)cc(Nc2c(F)cc(F)cc2F)n1. The third-order valence-corrected chi connectivity index (χ3v) is 2.45. The van der Waals surface area contributed by atoms with E-state index in [1.54, 1.807) is 6.92 Å². The number of nitrogens with one attached hydrogen (secondary N) is 2. The highest BCUT2D eigenvalue weighted by Crippen LogP contribution is 2.24. The van der Waals surface area contributed by atoms with Crippen LogP contribution < -0.4 is 10.6 Å². The normalized spacial score (nSPS) is 10.4. The molecule has 2 rings (SSSR count). The summed E-state index contributed by atoms with van der Waals surface area (Å²) in [5, 5.41) is 5.40. The smallest absolute Gasteiger partial charge is 0.224 e. The highest BCUT2D eigenvalue weighted by Gasteiger charge is 2.13. The van der Waals surface area contributed by atoms with Crippen LogP contribution in [-0.2, 0) is 0 Å². The lowest BCUT2D eigenvalue weighted by Crippen LogP contribution is -2.06. The number of hydrogen-bond donors (Lipinski definition) is 2. The summed E-state index contributed by atoms with van der Waals surface area (Å²) in [4.78, 5) is 8.18. The number of aryl methyl sites for hydroxylation is 1. The molecule has 2 aromatic rings. The lowest BCUT2D eigenvalue weighted by atomic mass is 10.2. The third-order valence-electron chi connectivity index (χ3n) is 2.45. The third kappa shape index (κ3) is 3.17. The fourth-order valence-corrected chi connectivity index (χ4v) is 1.66. The molecule has 0 aliphatic heterocycles. The van der Waals surface area contributed by atoms with Gasteiger partial charge in [0.2, 0.25) is 5.95 Å². The number of anilines is 3. The average Bonchev–Trinajstić information content (AvgIpc) is 2.33. The van der Waals surface area contributed by atoms with Gasteiger partial charge in [-0.2, -0.15) is 4.98 Å². The van der Waals surface area contributed by atoms with Crippen LogP contribution in [0.3, 0.4) is 0 Å². The number of nitrogens with zero attached hydrogens (tertiary/aromatic N) is 2. The van der Waals surface area contributed by atoms with Crippen molar-refractivity contribution in [1.29, 1.82) is 0 Å². The van der Waals surface area contributed by atoms with Crippen molar-refractivity contribution in [2.75, 3.05) is 17.2 Å². The minimum absolute atomic E-state index is 0.220. The summed E-state index contributed by atoms with van der Waals surface area (Å²) in [6, 6.07) is 2.73. The fraction of sp³-hybridized carbons (Fsp3) is 0.231. The maximum Gasteiger partial charge on any atom is 0.224 e. The van der Waals surface area contributed by atoms with Crippen LogP contribution in [0.5, 0.6) is 0 Å². The van der Waals surface area contributed by atoms with Gasteiger partial charge in [0.15, 0.2) is 11.6 Å². The number of halogens is 3. The lowest BCUT2D eigenvalue weighted by Gasteiger charge is -2.10. The van der Waals surface area contributed by atoms with E-state index in [0.717, 1.165) is 0 Å². The van der Waals surface area contributed by atoms with E-state index >= 15 is 0 Å². The first-order chi connectivity index (χ1) is 9.49. The van der Waals surface area contributed by atoms with Crippen molar-refractivity contribution >= 4 is 17.5 Å². The molecule has 4 nitrogen and oxygen atoms in total. The Labute approximate surface area is 114 Å². The van der Waals surface area contributed by atoms with Crippen molar-refractivity contribution in [1.82, 2.24) is 9.97 Å². The fourth-order valence-electron chi connectivity index (χ4n) is 1.66. The van der Waals surface area contributed by atoms with E-state index in [1.807, 2.05) is 6.92 Å². The molecule has 2 N–H and O–H groups in total. The second kappa shape index (κ2) is 5.77. The summed E-state index contributed by atoms with van der Waals surface area (Å²) in [5.41, 5.74) is 0.174. The second-order valence-corrected chi connectivity index (χ2v) is 4.12. The van der Waals surface area contributed by atoms with Crippen LogP contribution in [0.4, 0.5) is 30.6 Å². The van der Waals surface area contributed by atoms with E-state index in [4.69, 9.17) is 0 Å². The number of hydrogen-bond acceptors (Lipinski definition) is 4. The Balaban J connectivity index is 2.35. The molecule has 0 aliphatic carbocycles. The molecule has 7 heteroatoms. The molecule has 20 heavy (non-hydrogen) atoms. The first-order valence-corrected chi connectivity index (χ1v) is 6.00. The predicted octanol–water partition coefficient (Wildman–Crippen LogP) is 3.38. The molecule has 0 unspecified atom stereocenters. The molecule has 0 saturated carbocycles. The number of benzene rings is 1. The van der Waals surface area contributed by atoms with Gasteiger partial charge < -0.3 is 10.6 Å². The molecular weight excluding hydrogens is 269 g/mol. The first-order valence-electron chi connectivity index (χ1n) is 6.00. The van der Waals surface area contributed by atoms with Crippen LogP contribution in [0.15, 0.2) is 18.2 Å². The lowest BCUT2D eigenvalue weighted by molar-refractivity contribution is 0.548. The van der Waals surface area contributed by atoms with Gasteiger partial charge in [-0.25, -0.2) is 18.2 Å². The first kappa shape index (κ1) is 14.1. The summed E-state index contributed by atoms with van der Waals surface area (Å²) in [6.07, 6.45) is 0. The van der Waals surface area contributed by atoms with Gasteiger partial charge in [0.05, 0.1) is 0 Å². The Morgan fingerprint density at radius 1 is 1.05 bits per heavy atom. The summed E-state index contributed by atoms with van der Waals surface area (Å²) < 4.78 is 39.9. The molecule has 0 bridgehead atoms. The Hall–Kier alpha value is -2.31. The standard InChI is InChI=1S/C13H13F3N4/c1-3-17-13-18-7(2)4-11(20-13)19-12-9(15)5-8(14)6-10(12)16/h4-6H,3H2,1-2H3,(H2,17,18,19,20). The molecule has 0 atom stereocenters. The van der Waals surface area contributed by atoms with Gasteiger partial charge in [0.1, 0.15) is 17.3 Å². The Morgan fingerprint density at radius 2 is 1.70 bits per heavy atom. The zero-order valence-corrected chi connectivity index (χ0v) is 11.0. The van der Waals surface area contributed by atoms with E-state index in [0.29, 0.717) is 30.3 Å². The van der Waals surface area contributed by atoms with Gasteiger partial charge in [0, 0.05) is 30.4 Å². The van der Waals surface area contributed by atoms with Crippen molar-refractivity contribution in [3.05, 3.63) is 41.3 Å². The van der Waals surface area contributed by atoms with Crippen molar-refractivity contribution in [2.45, 2.75) is 13.8 Å². The summed E-state index contributed by atoms with van der Waals surface area (Å²) in [6.45, 7) is 4.21. The zero-order chi connectivity index (χ0) is 14.7. The molecule has 1 aromatic heterocycles. The Kier molecular flexibility index (Phi) is 4.07. The molecule has 0 fully saturated rings. The van der Waals surface area contributed by atoms with Crippen molar-refractivity contribution < 1.29 is 13.2 Å². The van der Waals surface area contributed by atoms with Crippen molar-refractivity contribution in [3.8, 4) is 0 Å². The minimum Gasteiger partial charge on any atom is -0.354 e. The van der Waals surface area contributed by atoms with Gasteiger partial charge in [-0.3, -0.25) is 0 Å². The van der Waals surface area contributed by atoms with E-state index in [2.05, 4.69) is 20.6 Å². The average molecular weight is 282 g/mol. The molecule has 0 saturated heterocycles. The van der Waals surface area contributed by atoms with Gasteiger partial charge in [-0.1, -0.05) is 0 Å². The van der Waals surface area contributed by atoms with Crippen molar-refractivity contribution in [3.63, 3.8) is 0 Å². The highest BCUT2D eigenvalue weighted by molar-refractivity contribution is 5.59. The molecule has 0 amide bonds. The van der Waals surface area contributed by atoms with E-state index in [9.17, 15) is 13.2 Å². The summed E-state index contributed by atoms with van der Waals surface area (Å²) in [7, 11) is 0. The molecule has 0 radical (unpaired) electrons. The van der Waals surface area contributed by atoms with Gasteiger partial charge in [-0.05, 0) is 13.8 Å². The molecule has 0 aliphatic rings. The predicted molar refractivity (Wildman–Crippen MR) is 70.5 cm³/mol. The number of aromatic nitrogens is 2. The van der Waals surface area contributed by atoms with E-state index in [-0.39, 0.29) is 5.82 Å². The van der Waals surface area contributed by atoms with Crippen LogP contribution in [-0.4, -0.2) is 16.5 Å². The molecule has 0 spiro atoms. The van der Waals surface area contributed by atoms with Crippen LogP contribution in [0.1, 0.15) is 12.6 Å². The van der Waals surface area contributed by atoms with E-state index < -0.39 is 23.1 Å². The van der Waals surface area contributed by atoms with Crippen LogP contribution in [0.25, 0.3) is 0 Å². The van der Waals surface area contributed by atoms with Gasteiger partial charge in [0.25, 0.3) is 0 Å².